The van der Waals surface area contributed by atoms with E-state index in [4.69, 9.17) is 9.47 Å². The molecule has 1 atom stereocenters. The topological polar surface area (TPSA) is 54.0 Å². The van der Waals surface area contributed by atoms with Crippen LogP contribution >= 0.6 is 0 Å². The Morgan fingerprint density at radius 1 is 1.33 bits per heavy atom. The summed E-state index contributed by atoms with van der Waals surface area (Å²) in [5, 5.41) is 3.00. The van der Waals surface area contributed by atoms with Crippen molar-refractivity contribution in [3.63, 3.8) is 0 Å². The molecule has 2 rings (SSSR count). The zero-order valence-electron chi connectivity index (χ0n) is 15.0. The molecule has 134 valence electrons. The molecule has 1 aromatic rings. The smallest absolute Gasteiger partial charge is 0.234 e. The average molecular weight is 335 g/mol. The van der Waals surface area contributed by atoms with Crippen molar-refractivity contribution < 1.29 is 14.3 Å². The van der Waals surface area contributed by atoms with Crippen LogP contribution < -0.4 is 10.1 Å². The van der Waals surface area contributed by atoms with Crippen molar-refractivity contribution in [1.29, 1.82) is 0 Å². The lowest BCUT2D eigenvalue weighted by molar-refractivity contribution is -0.123. The summed E-state index contributed by atoms with van der Waals surface area (Å²) in [5.41, 5.74) is 1.03. The summed E-state index contributed by atoms with van der Waals surface area (Å²) in [6, 6.07) is 8.20. The van der Waals surface area contributed by atoms with Crippen LogP contribution in [-0.2, 0) is 16.1 Å². The lowest BCUT2D eigenvalue weighted by Crippen LogP contribution is -2.53. The van der Waals surface area contributed by atoms with E-state index in [2.05, 4.69) is 29.1 Å². The molecule has 24 heavy (non-hydrogen) atoms. The van der Waals surface area contributed by atoms with Gasteiger partial charge in [-0.05, 0) is 31.7 Å². The number of likely N-dealkylation sites (N-methyl/N-ethyl adjacent to an activating group) is 1. The Morgan fingerprint density at radius 3 is 2.92 bits per heavy atom. The monoisotopic (exact) mass is 335 g/mol. The minimum atomic E-state index is 0.0668. The van der Waals surface area contributed by atoms with Crippen LogP contribution in [0.25, 0.3) is 0 Å². The highest BCUT2D eigenvalue weighted by Gasteiger charge is 2.22. The molecule has 1 N–H and O–H groups in total. The predicted molar refractivity (Wildman–Crippen MR) is 94.2 cm³/mol. The molecule has 0 aliphatic carbocycles. The maximum Gasteiger partial charge on any atom is 0.234 e. The number of benzene rings is 1. The summed E-state index contributed by atoms with van der Waals surface area (Å²) >= 11 is 0. The zero-order valence-corrected chi connectivity index (χ0v) is 15.0. The van der Waals surface area contributed by atoms with E-state index in [0.717, 1.165) is 30.9 Å². The first-order chi connectivity index (χ1) is 11.6. The molecular formula is C18H29N3O3. The Balaban J connectivity index is 1.76. The fraction of sp³-hybridized carbons (Fsp3) is 0.611. The number of hydrogen-bond acceptors (Lipinski definition) is 5. The number of methoxy groups -OCH3 is 1. The first-order valence-corrected chi connectivity index (χ1v) is 8.48. The molecule has 0 aromatic heterocycles. The van der Waals surface area contributed by atoms with E-state index >= 15 is 0 Å². The number of piperazine rings is 1. The number of carbonyl (C=O) groups excluding carboxylic acids is 1. The molecule has 0 radical (unpaired) electrons. The van der Waals surface area contributed by atoms with E-state index < -0.39 is 0 Å². The highest BCUT2D eigenvalue weighted by molar-refractivity contribution is 5.78. The van der Waals surface area contributed by atoms with Gasteiger partial charge in [-0.25, -0.2) is 0 Å². The van der Waals surface area contributed by atoms with Crippen LogP contribution in [0.3, 0.4) is 0 Å². The normalized spacial score (nSPS) is 19.2. The molecule has 1 aliphatic heterocycles. The van der Waals surface area contributed by atoms with Gasteiger partial charge in [0.15, 0.2) is 0 Å². The summed E-state index contributed by atoms with van der Waals surface area (Å²) in [6.07, 6.45) is 0. The van der Waals surface area contributed by atoms with Crippen LogP contribution in [-0.4, -0.2) is 75.3 Å². The Morgan fingerprint density at radius 2 is 2.17 bits per heavy atom. The van der Waals surface area contributed by atoms with Crippen molar-refractivity contribution in [2.75, 3.05) is 53.6 Å². The lowest BCUT2D eigenvalue weighted by Gasteiger charge is -2.37. The average Bonchev–Trinajstić information content (AvgIpc) is 2.56. The largest absolute Gasteiger partial charge is 0.491 e. The van der Waals surface area contributed by atoms with E-state index in [-0.39, 0.29) is 5.91 Å². The van der Waals surface area contributed by atoms with Crippen molar-refractivity contribution in [2.45, 2.75) is 19.5 Å². The van der Waals surface area contributed by atoms with Gasteiger partial charge in [0, 0.05) is 39.3 Å². The van der Waals surface area contributed by atoms with Gasteiger partial charge in [-0.3, -0.25) is 9.69 Å². The molecule has 1 heterocycles. The summed E-state index contributed by atoms with van der Waals surface area (Å²) in [5.74, 6) is 0.864. The molecule has 0 spiro atoms. The van der Waals surface area contributed by atoms with Crippen LogP contribution in [0.5, 0.6) is 5.75 Å². The van der Waals surface area contributed by atoms with Gasteiger partial charge in [-0.2, -0.15) is 0 Å². The number of amides is 1. The maximum atomic E-state index is 12.2. The van der Waals surface area contributed by atoms with Crippen LogP contribution in [0.2, 0.25) is 0 Å². The Hall–Kier alpha value is -1.63. The molecule has 1 aliphatic rings. The molecule has 0 unspecified atom stereocenters. The lowest BCUT2D eigenvalue weighted by atomic mass is 10.2. The number of hydrogen-bond donors (Lipinski definition) is 1. The van der Waals surface area contributed by atoms with Gasteiger partial charge in [-0.1, -0.05) is 12.1 Å². The predicted octanol–water partition coefficient (Wildman–Crippen LogP) is 0.964. The number of carbonyl (C=O) groups is 1. The third-order valence-electron chi connectivity index (χ3n) is 4.26. The van der Waals surface area contributed by atoms with E-state index in [1.807, 2.05) is 24.3 Å². The van der Waals surface area contributed by atoms with Crippen LogP contribution in [0.1, 0.15) is 12.5 Å². The summed E-state index contributed by atoms with van der Waals surface area (Å²) in [6.45, 7) is 7.18. The molecule has 1 amide bonds. The summed E-state index contributed by atoms with van der Waals surface area (Å²) in [7, 11) is 3.77. The minimum absolute atomic E-state index is 0.0668. The first-order valence-electron chi connectivity index (χ1n) is 8.48. The van der Waals surface area contributed by atoms with Gasteiger partial charge in [0.25, 0.3) is 0 Å². The molecular weight excluding hydrogens is 306 g/mol. The van der Waals surface area contributed by atoms with Gasteiger partial charge < -0.3 is 19.7 Å². The molecule has 1 aromatic carbocycles. The van der Waals surface area contributed by atoms with Crippen molar-refractivity contribution in [3.8, 4) is 5.75 Å². The summed E-state index contributed by atoms with van der Waals surface area (Å²) in [4.78, 5) is 16.7. The molecule has 6 nitrogen and oxygen atoms in total. The maximum absolute atomic E-state index is 12.2. The highest BCUT2D eigenvalue weighted by atomic mass is 16.5. The van der Waals surface area contributed by atoms with Gasteiger partial charge in [0.1, 0.15) is 12.4 Å². The van der Waals surface area contributed by atoms with Crippen molar-refractivity contribution >= 4 is 5.91 Å². The molecule has 6 heteroatoms. The quantitative estimate of drug-likeness (QED) is 0.717. The zero-order chi connectivity index (χ0) is 17.4. The van der Waals surface area contributed by atoms with Crippen LogP contribution in [0.4, 0.5) is 0 Å². The second kappa shape index (κ2) is 9.61. The number of nitrogens with zero attached hydrogens (tertiary/aromatic N) is 2. The molecule has 0 saturated carbocycles. The second-order valence-electron chi connectivity index (χ2n) is 6.35. The molecule has 0 bridgehead atoms. The van der Waals surface area contributed by atoms with Crippen LogP contribution in [0.15, 0.2) is 24.3 Å². The highest BCUT2D eigenvalue weighted by Crippen LogP contribution is 2.13. The number of rotatable bonds is 8. The number of ether oxygens (including phenoxy) is 2. The van der Waals surface area contributed by atoms with Gasteiger partial charge in [0.05, 0.1) is 13.2 Å². The standard InChI is InChI=1S/C18H29N3O3/c1-15-13-20(2)7-8-21(15)14-18(22)19-12-16-5-4-6-17(11-16)24-10-9-23-3/h4-6,11,15H,7-10,12-14H2,1-3H3,(H,19,22)/t15-/m1/s1. The fourth-order valence-electron chi connectivity index (χ4n) is 2.84. The van der Waals surface area contributed by atoms with E-state index in [1.54, 1.807) is 7.11 Å². The van der Waals surface area contributed by atoms with Crippen molar-refractivity contribution in [1.82, 2.24) is 15.1 Å². The van der Waals surface area contributed by atoms with Gasteiger partial charge in [0.2, 0.25) is 5.91 Å². The van der Waals surface area contributed by atoms with E-state index in [0.29, 0.717) is 32.3 Å². The molecule has 1 saturated heterocycles. The number of nitrogens with one attached hydrogen (secondary N) is 1. The fourth-order valence-corrected chi connectivity index (χ4v) is 2.84. The third kappa shape index (κ3) is 6.11. The van der Waals surface area contributed by atoms with Gasteiger partial charge in [-0.15, -0.1) is 0 Å². The first kappa shape index (κ1) is 18.7. The van der Waals surface area contributed by atoms with Gasteiger partial charge >= 0.3 is 0 Å². The Labute approximate surface area is 144 Å². The second-order valence-corrected chi connectivity index (χ2v) is 6.35. The SMILES string of the molecule is COCCOc1cccc(CNC(=O)CN2CCN(C)C[C@H]2C)c1. The minimum Gasteiger partial charge on any atom is -0.491 e. The Bertz CT molecular complexity index is 524. The molecule has 1 fully saturated rings. The van der Waals surface area contributed by atoms with Crippen molar-refractivity contribution in [2.24, 2.45) is 0 Å². The van der Waals surface area contributed by atoms with Crippen molar-refractivity contribution in [3.05, 3.63) is 29.8 Å². The third-order valence-corrected chi connectivity index (χ3v) is 4.26. The summed E-state index contributed by atoms with van der Waals surface area (Å²) < 4.78 is 10.6. The van der Waals surface area contributed by atoms with Crippen LogP contribution in [0, 0.1) is 0 Å². The van der Waals surface area contributed by atoms with E-state index in [1.165, 1.54) is 0 Å². The van der Waals surface area contributed by atoms with E-state index in [9.17, 15) is 4.79 Å². The Kier molecular flexibility index (Phi) is 7.49.